The lowest BCUT2D eigenvalue weighted by Crippen LogP contribution is -2.39. The van der Waals surface area contributed by atoms with Crippen LogP contribution in [0.25, 0.3) is 11.3 Å². The first-order valence-corrected chi connectivity index (χ1v) is 9.90. The van der Waals surface area contributed by atoms with Crippen LogP contribution >= 0.6 is 11.3 Å². The summed E-state index contributed by atoms with van der Waals surface area (Å²) in [4.78, 5) is 16.9. The number of hydrogen-bond donors (Lipinski definition) is 1. The molecule has 1 atom stereocenters. The lowest BCUT2D eigenvalue weighted by Gasteiger charge is -2.24. The van der Waals surface area contributed by atoms with Gasteiger partial charge in [-0.05, 0) is 42.5 Å². The van der Waals surface area contributed by atoms with Gasteiger partial charge in [-0.1, -0.05) is 38.1 Å². The Hall–Kier alpha value is -2.60. The van der Waals surface area contributed by atoms with Crippen LogP contribution in [0.3, 0.4) is 0 Å². The highest BCUT2D eigenvalue weighted by Gasteiger charge is 2.38. The number of carbonyl (C=O) groups is 1. The Kier molecular flexibility index (Phi) is 5.61. The minimum absolute atomic E-state index is 0.183. The molecular weight excluding hydrogens is 378 g/mol. The number of rotatable bonds is 6. The molecule has 146 valence electrons. The van der Waals surface area contributed by atoms with E-state index < -0.39 is 23.0 Å². The summed E-state index contributed by atoms with van der Waals surface area (Å²) in [6.07, 6.45) is 0.943. The molecule has 0 aliphatic rings. The molecule has 3 nitrogen and oxygen atoms in total. The molecule has 6 heteroatoms. The number of thiazole rings is 1. The zero-order valence-electron chi connectivity index (χ0n) is 16.0. The van der Waals surface area contributed by atoms with Gasteiger partial charge in [-0.25, -0.2) is 13.8 Å². The van der Waals surface area contributed by atoms with Gasteiger partial charge in [0.15, 0.2) is 0 Å². The molecule has 0 aliphatic heterocycles. The van der Waals surface area contributed by atoms with Crippen LogP contribution in [0.15, 0.2) is 47.8 Å². The molecule has 28 heavy (non-hydrogen) atoms. The molecule has 1 unspecified atom stereocenters. The third kappa shape index (κ3) is 3.83. The van der Waals surface area contributed by atoms with E-state index in [0.29, 0.717) is 16.6 Å². The predicted molar refractivity (Wildman–Crippen MR) is 108 cm³/mol. The van der Waals surface area contributed by atoms with Crippen molar-refractivity contribution >= 4 is 17.2 Å². The van der Waals surface area contributed by atoms with E-state index >= 15 is 0 Å². The third-order valence-electron chi connectivity index (χ3n) is 4.81. The first-order chi connectivity index (χ1) is 13.2. The minimum atomic E-state index is -1.14. The molecule has 3 aromatic rings. The summed E-state index contributed by atoms with van der Waals surface area (Å²) in [5.41, 5.74) is 7.05. The molecule has 2 N–H and O–H groups in total. The van der Waals surface area contributed by atoms with Crippen LogP contribution in [-0.4, -0.2) is 10.9 Å². The van der Waals surface area contributed by atoms with Crippen LogP contribution in [0.4, 0.5) is 8.78 Å². The normalized spacial score (nSPS) is 13.5. The summed E-state index contributed by atoms with van der Waals surface area (Å²) in [6, 6.07) is 11.1. The number of aromatic nitrogens is 1. The molecule has 1 amide bonds. The van der Waals surface area contributed by atoms with E-state index in [4.69, 9.17) is 5.73 Å². The second kappa shape index (κ2) is 7.80. The molecule has 2 aromatic carbocycles. The van der Waals surface area contributed by atoms with Gasteiger partial charge in [-0.2, -0.15) is 0 Å². The highest BCUT2D eigenvalue weighted by molar-refractivity contribution is 7.10. The topological polar surface area (TPSA) is 56.0 Å². The fraction of sp³-hybridized carbons (Fsp3) is 0.273. The first kappa shape index (κ1) is 20.1. The Morgan fingerprint density at radius 3 is 2.43 bits per heavy atom. The average Bonchev–Trinajstić information content (AvgIpc) is 3.11. The van der Waals surface area contributed by atoms with Gasteiger partial charge >= 0.3 is 0 Å². The molecule has 0 radical (unpaired) electrons. The fourth-order valence-electron chi connectivity index (χ4n) is 3.14. The van der Waals surface area contributed by atoms with Crippen LogP contribution in [0.5, 0.6) is 0 Å². The van der Waals surface area contributed by atoms with Crippen LogP contribution in [0, 0.1) is 17.6 Å². The summed E-state index contributed by atoms with van der Waals surface area (Å²) in [7, 11) is 0. The molecule has 0 bridgehead atoms. The maximum atomic E-state index is 14.1. The van der Waals surface area contributed by atoms with E-state index in [2.05, 4.69) is 18.8 Å². The van der Waals surface area contributed by atoms with Crippen molar-refractivity contribution in [2.75, 3.05) is 0 Å². The van der Waals surface area contributed by atoms with Crippen molar-refractivity contribution in [1.29, 1.82) is 0 Å². The van der Waals surface area contributed by atoms with E-state index in [1.165, 1.54) is 29.0 Å². The van der Waals surface area contributed by atoms with Crippen LogP contribution in [0.1, 0.15) is 36.9 Å². The monoisotopic (exact) mass is 400 g/mol. The summed E-state index contributed by atoms with van der Waals surface area (Å²) in [5.74, 6) is -1.36. The quantitative estimate of drug-likeness (QED) is 0.627. The Balaban J connectivity index is 2.00. The van der Waals surface area contributed by atoms with E-state index in [1.807, 2.05) is 24.3 Å². The van der Waals surface area contributed by atoms with E-state index in [9.17, 15) is 13.6 Å². The van der Waals surface area contributed by atoms with Crippen molar-refractivity contribution in [2.45, 2.75) is 32.6 Å². The van der Waals surface area contributed by atoms with Gasteiger partial charge in [0.1, 0.15) is 22.1 Å². The Morgan fingerprint density at radius 1 is 1.18 bits per heavy atom. The number of primary amides is 1. The van der Waals surface area contributed by atoms with Crippen molar-refractivity contribution in [1.82, 2.24) is 4.98 Å². The maximum absolute atomic E-state index is 14.1. The Labute approximate surface area is 167 Å². The first-order valence-electron chi connectivity index (χ1n) is 9.02. The largest absolute Gasteiger partial charge is 0.369 e. The smallest absolute Gasteiger partial charge is 0.234 e. The van der Waals surface area contributed by atoms with E-state index in [0.717, 1.165) is 18.1 Å². The van der Waals surface area contributed by atoms with E-state index in [1.54, 1.807) is 12.3 Å². The zero-order chi connectivity index (χ0) is 20.5. The van der Waals surface area contributed by atoms with Gasteiger partial charge in [-0.3, -0.25) is 4.79 Å². The standard InChI is InChI=1S/C22H22F2N2OS/c1-13(2)10-14-4-6-15(7-5-14)22(3,20(25)27)21-26-19(12-28-21)17-9-8-16(23)11-18(17)24/h4-9,11-13H,10H2,1-3H3,(H2,25,27). The Morgan fingerprint density at radius 2 is 1.86 bits per heavy atom. The summed E-state index contributed by atoms with van der Waals surface area (Å²) >= 11 is 1.23. The van der Waals surface area contributed by atoms with Crippen molar-refractivity contribution in [2.24, 2.45) is 11.7 Å². The molecule has 1 aromatic heterocycles. The lowest BCUT2D eigenvalue weighted by atomic mass is 9.81. The second-order valence-corrected chi connectivity index (χ2v) is 8.30. The molecular formula is C22H22F2N2OS. The van der Waals surface area contributed by atoms with Crippen molar-refractivity contribution in [3.63, 3.8) is 0 Å². The highest BCUT2D eigenvalue weighted by atomic mass is 32.1. The van der Waals surface area contributed by atoms with Gasteiger partial charge in [-0.15, -0.1) is 11.3 Å². The second-order valence-electron chi connectivity index (χ2n) is 7.45. The van der Waals surface area contributed by atoms with Gasteiger partial charge in [0.25, 0.3) is 0 Å². The minimum Gasteiger partial charge on any atom is -0.369 e. The number of amides is 1. The molecule has 0 saturated heterocycles. The summed E-state index contributed by atoms with van der Waals surface area (Å²) < 4.78 is 27.3. The average molecular weight is 400 g/mol. The van der Waals surface area contributed by atoms with Crippen molar-refractivity contribution in [3.8, 4) is 11.3 Å². The number of halogens is 2. The van der Waals surface area contributed by atoms with Crippen molar-refractivity contribution in [3.05, 3.63) is 75.6 Å². The SMILES string of the molecule is CC(C)Cc1ccc(C(C)(C(N)=O)c2nc(-c3ccc(F)cc3F)cs2)cc1. The lowest BCUT2D eigenvalue weighted by molar-refractivity contribution is -0.121. The molecule has 0 spiro atoms. The maximum Gasteiger partial charge on any atom is 0.234 e. The number of carbonyl (C=O) groups excluding carboxylic acids is 1. The fourth-order valence-corrected chi connectivity index (χ4v) is 4.15. The van der Waals surface area contributed by atoms with E-state index in [-0.39, 0.29) is 5.56 Å². The molecule has 1 heterocycles. The predicted octanol–water partition coefficient (Wildman–Crippen LogP) is 5.08. The number of nitrogens with zero attached hydrogens (tertiary/aromatic N) is 1. The van der Waals surface area contributed by atoms with Crippen LogP contribution in [0.2, 0.25) is 0 Å². The molecule has 3 rings (SSSR count). The highest BCUT2D eigenvalue weighted by Crippen LogP contribution is 2.36. The van der Waals surface area contributed by atoms with Crippen molar-refractivity contribution < 1.29 is 13.6 Å². The van der Waals surface area contributed by atoms with Gasteiger partial charge in [0, 0.05) is 17.0 Å². The molecule has 0 fully saturated rings. The molecule has 0 aliphatic carbocycles. The number of nitrogens with two attached hydrogens (primary N) is 1. The van der Waals surface area contributed by atoms with Gasteiger partial charge < -0.3 is 5.73 Å². The number of benzene rings is 2. The van der Waals surface area contributed by atoms with Crippen LogP contribution < -0.4 is 5.73 Å². The summed E-state index contributed by atoms with van der Waals surface area (Å²) in [6.45, 7) is 6.01. The van der Waals surface area contributed by atoms with Crippen LogP contribution in [-0.2, 0) is 16.6 Å². The summed E-state index contributed by atoms with van der Waals surface area (Å²) in [5, 5.41) is 2.12. The molecule has 0 saturated carbocycles. The Bertz CT molecular complexity index is 998. The van der Waals surface area contributed by atoms with Gasteiger partial charge in [0.05, 0.1) is 5.69 Å². The third-order valence-corrected chi connectivity index (χ3v) is 5.87. The van der Waals surface area contributed by atoms with Gasteiger partial charge in [0.2, 0.25) is 5.91 Å². The zero-order valence-corrected chi connectivity index (χ0v) is 16.8. The number of hydrogen-bond acceptors (Lipinski definition) is 3.